The fourth-order valence-electron chi connectivity index (χ4n) is 3.31. The predicted molar refractivity (Wildman–Crippen MR) is 99.9 cm³/mol. The monoisotopic (exact) mass is 370 g/mol. The van der Waals surface area contributed by atoms with Crippen LogP contribution in [0.3, 0.4) is 0 Å². The summed E-state index contributed by atoms with van der Waals surface area (Å²) in [5.74, 6) is 0.677. The number of carbonyl (C=O) groups is 1. The van der Waals surface area contributed by atoms with Crippen LogP contribution >= 0.6 is 0 Å². The zero-order valence-corrected chi connectivity index (χ0v) is 15.1. The van der Waals surface area contributed by atoms with Crippen LogP contribution in [-0.4, -0.2) is 53.2 Å². The summed E-state index contributed by atoms with van der Waals surface area (Å²) in [6.07, 6.45) is 3.16. The summed E-state index contributed by atoms with van der Waals surface area (Å²) >= 11 is 0. The molecule has 9 heteroatoms. The highest BCUT2D eigenvalue weighted by molar-refractivity contribution is 5.88. The molecule has 0 aliphatic carbocycles. The number of anilines is 4. The highest BCUT2D eigenvalue weighted by Crippen LogP contribution is 2.32. The molecule has 1 spiro atoms. The number of hydrogen-bond acceptors (Lipinski definition) is 8. The first-order valence-corrected chi connectivity index (χ1v) is 8.99. The van der Waals surface area contributed by atoms with Crippen molar-refractivity contribution in [2.45, 2.75) is 25.6 Å². The normalized spacial score (nSPS) is 18.5. The molecular weight excluding hydrogens is 348 g/mol. The van der Waals surface area contributed by atoms with Crippen LogP contribution in [0, 0.1) is 0 Å². The van der Waals surface area contributed by atoms with Gasteiger partial charge in [-0.2, -0.15) is 10.1 Å². The van der Waals surface area contributed by atoms with Crippen LogP contribution in [0.5, 0.6) is 0 Å². The molecule has 2 aliphatic heterocycles. The first-order chi connectivity index (χ1) is 13.1. The summed E-state index contributed by atoms with van der Waals surface area (Å²) in [5.41, 5.74) is 1.59. The zero-order chi connectivity index (χ0) is 18.7. The highest BCUT2D eigenvalue weighted by atomic mass is 16.7. The van der Waals surface area contributed by atoms with Gasteiger partial charge in [0.05, 0.1) is 19.4 Å². The molecule has 2 aliphatic rings. The summed E-state index contributed by atoms with van der Waals surface area (Å²) in [6.45, 7) is 4.33. The number of nitrogens with zero attached hydrogens (tertiary/aromatic N) is 4. The first kappa shape index (κ1) is 17.6. The lowest BCUT2D eigenvalue weighted by Crippen LogP contribution is -2.45. The van der Waals surface area contributed by atoms with Crippen molar-refractivity contribution in [3.8, 4) is 0 Å². The van der Waals surface area contributed by atoms with E-state index in [1.807, 2.05) is 24.3 Å². The Labute approximate surface area is 157 Å². The molecule has 1 amide bonds. The minimum atomic E-state index is -0.421. The van der Waals surface area contributed by atoms with Gasteiger partial charge in [-0.1, -0.05) is 0 Å². The third kappa shape index (κ3) is 4.15. The Balaban J connectivity index is 1.40. The fraction of sp³-hybridized carbons (Fsp3) is 0.444. The number of rotatable bonds is 4. The maximum absolute atomic E-state index is 11.1. The molecule has 3 heterocycles. The standard InChI is InChI=1S/C18H22N6O3/c1-13(25)20-14-2-4-15(5-3-14)21-16-12-19-23-17(22-16)24-8-6-18(7-9-24)26-10-11-27-18/h2-5,12H,6-11H2,1H3,(H,20,25)(H,21,22,23). The van der Waals surface area contributed by atoms with Crippen LogP contribution < -0.4 is 15.5 Å². The molecule has 4 rings (SSSR count). The zero-order valence-electron chi connectivity index (χ0n) is 15.1. The number of benzene rings is 1. The lowest BCUT2D eigenvalue weighted by atomic mass is 10.0. The molecule has 0 radical (unpaired) electrons. The summed E-state index contributed by atoms with van der Waals surface area (Å²) in [5, 5.41) is 14.2. The van der Waals surface area contributed by atoms with Gasteiger partial charge in [-0.3, -0.25) is 4.79 Å². The van der Waals surface area contributed by atoms with Crippen molar-refractivity contribution in [1.29, 1.82) is 0 Å². The highest BCUT2D eigenvalue weighted by Gasteiger charge is 2.40. The third-order valence-electron chi connectivity index (χ3n) is 4.65. The molecule has 2 fully saturated rings. The molecular formula is C18H22N6O3. The molecule has 142 valence electrons. The molecule has 2 N–H and O–H groups in total. The van der Waals surface area contributed by atoms with Gasteiger partial charge in [-0.05, 0) is 24.3 Å². The van der Waals surface area contributed by atoms with Crippen molar-refractivity contribution in [3.63, 3.8) is 0 Å². The molecule has 1 aromatic heterocycles. The molecule has 2 saturated heterocycles. The van der Waals surface area contributed by atoms with Gasteiger partial charge in [-0.25, -0.2) is 0 Å². The van der Waals surface area contributed by atoms with Crippen molar-refractivity contribution in [1.82, 2.24) is 15.2 Å². The Hall–Kier alpha value is -2.78. The Kier molecular flexibility index (Phi) is 4.87. The van der Waals surface area contributed by atoms with Crippen molar-refractivity contribution >= 4 is 29.0 Å². The number of aromatic nitrogens is 3. The van der Waals surface area contributed by atoms with E-state index in [0.29, 0.717) is 25.0 Å². The maximum atomic E-state index is 11.1. The van der Waals surface area contributed by atoms with Crippen LogP contribution in [0.25, 0.3) is 0 Å². The van der Waals surface area contributed by atoms with Gasteiger partial charge >= 0.3 is 0 Å². The van der Waals surface area contributed by atoms with Gasteiger partial charge in [0.1, 0.15) is 0 Å². The van der Waals surface area contributed by atoms with E-state index in [9.17, 15) is 4.79 Å². The van der Waals surface area contributed by atoms with E-state index in [1.54, 1.807) is 6.20 Å². The van der Waals surface area contributed by atoms with E-state index < -0.39 is 5.79 Å². The second kappa shape index (κ2) is 7.45. The van der Waals surface area contributed by atoms with Crippen LogP contribution in [-0.2, 0) is 14.3 Å². The lowest BCUT2D eigenvalue weighted by molar-refractivity contribution is -0.169. The average molecular weight is 370 g/mol. The summed E-state index contributed by atoms with van der Waals surface area (Å²) in [4.78, 5) is 17.7. The molecule has 9 nitrogen and oxygen atoms in total. The van der Waals surface area contributed by atoms with Crippen molar-refractivity contribution < 1.29 is 14.3 Å². The molecule has 1 aromatic carbocycles. The second-order valence-electron chi connectivity index (χ2n) is 6.62. The number of carbonyl (C=O) groups excluding carboxylic acids is 1. The van der Waals surface area contributed by atoms with Crippen LogP contribution in [0.2, 0.25) is 0 Å². The minimum Gasteiger partial charge on any atom is -0.347 e. The summed E-state index contributed by atoms with van der Waals surface area (Å²) < 4.78 is 11.5. The molecule has 0 saturated carbocycles. The molecule has 0 atom stereocenters. The van der Waals surface area contributed by atoms with E-state index >= 15 is 0 Å². The number of nitrogens with one attached hydrogen (secondary N) is 2. The van der Waals surface area contributed by atoms with Gasteiger partial charge in [0.2, 0.25) is 11.9 Å². The lowest BCUT2D eigenvalue weighted by Gasteiger charge is -2.37. The number of ether oxygens (including phenoxy) is 2. The van der Waals surface area contributed by atoms with Crippen LogP contribution in [0.15, 0.2) is 30.5 Å². The first-order valence-electron chi connectivity index (χ1n) is 8.99. The second-order valence-corrected chi connectivity index (χ2v) is 6.62. The van der Waals surface area contributed by atoms with E-state index in [0.717, 1.165) is 37.3 Å². The van der Waals surface area contributed by atoms with Gasteiger partial charge < -0.3 is 25.0 Å². The van der Waals surface area contributed by atoms with E-state index in [4.69, 9.17) is 9.47 Å². The SMILES string of the molecule is CC(=O)Nc1ccc(Nc2cnnc(N3CCC4(CC3)OCCO4)n2)cc1. The summed E-state index contributed by atoms with van der Waals surface area (Å²) in [6, 6.07) is 7.38. The van der Waals surface area contributed by atoms with Crippen molar-refractivity contribution in [3.05, 3.63) is 30.5 Å². The van der Waals surface area contributed by atoms with E-state index in [2.05, 4.69) is 30.7 Å². The predicted octanol–water partition coefficient (Wildman–Crippen LogP) is 1.92. The largest absolute Gasteiger partial charge is 0.347 e. The van der Waals surface area contributed by atoms with Gasteiger partial charge in [0.15, 0.2) is 11.6 Å². The molecule has 27 heavy (non-hydrogen) atoms. The minimum absolute atomic E-state index is 0.0999. The number of hydrogen-bond donors (Lipinski definition) is 2. The quantitative estimate of drug-likeness (QED) is 0.842. The fourth-order valence-corrected chi connectivity index (χ4v) is 3.31. The third-order valence-corrected chi connectivity index (χ3v) is 4.65. The van der Waals surface area contributed by atoms with Crippen molar-refractivity contribution in [2.24, 2.45) is 0 Å². The topological polar surface area (TPSA) is 102 Å². The van der Waals surface area contributed by atoms with Crippen LogP contribution in [0.1, 0.15) is 19.8 Å². The molecule has 2 aromatic rings. The van der Waals surface area contributed by atoms with E-state index in [-0.39, 0.29) is 5.91 Å². The summed E-state index contributed by atoms with van der Waals surface area (Å²) in [7, 11) is 0. The van der Waals surface area contributed by atoms with Gasteiger partial charge in [-0.15, -0.1) is 5.10 Å². The smallest absolute Gasteiger partial charge is 0.247 e. The molecule has 0 bridgehead atoms. The Morgan fingerprint density at radius 2 is 1.78 bits per heavy atom. The molecule has 0 unspecified atom stereocenters. The maximum Gasteiger partial charge on any atom is 0.247 e. The van der Waals surface area contributed by atoms with Gasteiger partial charge in [0, 0.05) is 44.2 Å². The average Bonchev–Trinajstić information content (AvgIpc) is 3.12. The number of piperidine rings is 1. The van der Waals surface area contributed by atoms with Crippen molar-refractivity contribution in [2.75, 3.05) is 41.8 Å². The number of amides is 1. The Morgan fingerprint density at radius 1 is 1.11 bits per heavy atom. The van der Waals surface area contributed by atoms with Gasteiger partial charge in [0.25, 0.3) is 0 Å². The van der Waals surface area contributed by atoms with E-state index in [1.165, 1.54) is 6.92 Å². The van der Waals surface area contributed by atoms with Crippen LogP contribution in [0.4, 0.5) is 23.1 Å². The Morgan fingerprint density at radius 3 is 2.44 bits per heavy atom. The Bertz CT molecular complexity index is 797.